The van der Waals surface area contributed by atoms with Crippen molar-refractivity contribution >= 4 is 45.3 Å². The van der Waals surface area contributed by atoms with E-state index in [1.54, 1.807) is 56.3 Å². The summed E-state index contributed by atoms with van der Waals surface area (Å²) < 4.78 is 24.8. The summed E-state index contributed by atoms with van der Waals surface area (Å²) in [5.74, 6) is 0.0177. The van der Waals surface area contributed by atoms with Gasteiger partial charge < -0.3 is 24.1 Å². The molecule has 1 atom stereocenters. The first-order valence-electron chi connectivity index (χ1n) is 13.8. The second kappa shape index (κ2) is 13.5. The van der Waals surface area contributed by atoms with Gasteiger partial charge in [-0.05, 0) is 88.9 Å². The van der Waals surface area contributed by atoms with Crippen LogP contribution < -0.4 is 29.1 Å². The van der Waals surface area contributed by atoms with E-state index in [1.165, 1.54) is 42.3 Å². The maximum absolute atomic E-state index is 14.0. The fraction of sp³-hybridized carbons (Fsp3) is 0.212. The topological polar surface area (TPSA) is 126 Å². The van der Waals surface area contributed by atoms with E-state index in [1.807, 2.05) is 12.1 Å². The van der Waals surface area contributed by atoms with Crippen LogP contribution in [0.1, 0.15) is 46.9 Å². The summed E-state index contributed by atoms with van der Waals surface area (Å²) >= 11 is 4.77. The third kappa shape index (κ3) is 6.57. The minimum Gasteiger partial charge on any atom is -0.493 e. The number of esters is 1. The average Bonchev–Trinajstić information content (AvgIpc) is 3.33. The number of carbonyl (C=O) groups is 2. The molecule has 0 amide bonds. The van der Waals surface area contributed by atoms with Crippen molar-refractivity contribution in [1.82, 2.24) is 4.57 Å². The van der Waals surface area contributed by atoms with Gasteiger partial charge >= 0.3 is 11.9 Å². The van der Waals surface area contributed by atoms with E-state index in [0.717, 1.165) is 11.1 Å². The molecule has 12 heteroatoms. The number of aromatic carboxylic acids is 1. The second-order valence-corrected chi connectivity index (χ2v) is 11.8. The Morgan fingerprint density at radius 2 is 1.73 bits per heavy atom. The SMILES string of the molecule is CCOC(=O)C1=C(C)N=c2s/c(=C/c3ccc(OCc4ccc(C(=O)O)cc4)c(Br)c3)c(=O)n2[C@@H]1c1ccc(OC)c(OC)c1. The monoisotopic (exact) mass is 692 g/mol. The zero-order valence-corrected chi connectivity index (χ0v) is 27.2. The van der Waals surface area contributed by atoms with Crippen LogP contribution in [0.3, 0.4) is 0 Å². The van der Waals surface area contributed by atoms with Gasteiger partial charge in [0, 0.05) is 0 Å². The Bertz CT molecular complexity index is 2000. The highest BCUT2D eigenvalue weighted by Crippen LogP contribution is 2.36. The smallest absolute Gasteiger partial charge is 0.338 e. The number of rotatable bonds is 10. The summed E-state index contributed by atoms with van der Waals surface area (Å²) in [6.45, 7) is 3.87. The number of methoxy groups -OCH3 is 2. The maximum atomic E-state index is 14.0. The Kier molecular flexibility index (Phi) is 9.54. The predicted molar refractivity (Wildman–Crippen MR) is 172 cm³/mol. The molecule has 232 valence electrons. The molecule has 45 heavy (non-hydrogen) atoms. The van der Waals surface area contributed by atoms with Crippen molar-refractivity contribution in [2.24, 2.45) is 4.99 Å². The molecule has 0 spiro atoms. The number of fused-ring (bicyclic) bond motifs is 1. The predicted octanol–water partition coefficient (Wildman–Crippen LogP) is 4.86. The van der Waals surface area contributed by atoms with E-state index >= 15 is 0 Å². The fourth-order valence-electron chi connectivity index (χ4n) is 4.91. The molecule has 2 heterocycles. The number of ether oxygens (including phenoxy) is 4. The van der Waals surface area contributed by atoms with Gasteiger partial charge in [-0.15, -0.1) is 0 Å². The van der Waals surface area contributed by atoms with Crippen molar-refractivity contribution in [3.8, 4) is 17.2 Å². The van der Waals surface area contributed by atoms with E-state index in [9.17, 15) is 14.4 Å². The van der Waals surface area contributed by atoms with Crippen LogP contribution in [0, 0.1) is 0 Å². The standard InChI is InChI=1S/C33H29BrN2O8S/c1-5-43-32(40)28-18(2)35-33-36(29(28)22-11-13-25(41-3)26(16-22)42-4)30(37)27(45-33)15-20-8-12-24(23(34)14-20)44-17-19-6-9-21(10-7-19)31(38)39/h6-16,29H,5,17H2,1-4H3,(H,38,39)/b27-15+/t29-/m1/s1. The molecule has 4 aromatic rings. The highest BCUT2D eigenvalue weighted by molar-refractivity contribution is 9.10. The molecular weight excluding hydrogens is 664 g/mol. The van der Waals surface area contributed by atoms with Crippen LogP contribution in [0.25, 0.3) is 6.08 Å². The summed E-state index contributed by atoms with van der Waals surface area (Å²) in [4.78, 5) is 43.3. The van der Waals surface area contributed by atoms with Gasteiger partial charge in [-0.2, -0.15) is 0 Å². The van der Waals surface area contributed by atoms with Crippen LogP contribution in [-0.2, 0) is 16.1 Å². The van der Waals surface area contributed by atoms with Gasteiger partial charge in [-0.25, -0.2) is 14.6 Å². The Labute approximate surface area is 270 Å². The minimum atomic E-state index is -0.987. The lowest BCUT2D eigenvalue weighted by molar-refractivity contribution is -0.139. The van der Waals surface area contributed by atoms with Crippen LogP contribution in [0.2, 0.25) is 0 Å². The van der Waals surface area contributed by atoms with Gasteiger partial charge in [0.25, 0.3) is 5.56 Å². The summed E-state index contributed by atoms with van der Waals surface area (Å²) in [7, 11) is 3.06. The number of hydrogen-bond acceptors (Lipinski definition) is 9. The van der Waals surface area contributed by atoms with Gasteiger partial charge in [0.05, 0.1) is 52.7 Å². The molecule has 1 N–H and O–H groups in total. The zero-order valence-electron chi connectivity index (χ0n) is 24.8. The molecule has 0 saturated carbocycles. The number of nitrogens with zero attached hydrogens (tertiary/aromatic N) is 2. The highest BCUT2D eigenvalue weighted by atomic mass is 79.9. The number of allylic oxidation sites excluding steroid dienone is 1. The second-order valence-electron chi connectivity index (χ2n) is 9.90. The number of carboxylic acid groups (broad SMARTS) is 1. The molecule has 0 radical (unpaired) electrons. The van der Waals surface area contributed by atoms with Crippen molar-refractivity contribution in [2.45, 2.75) is 26.5 Å². The molecule has 5 rings (SSSR count). The summed E-state index contributed by atoms with van der Waals surface area (Å²) in [5, 5.41) is 9.09. The molecule has 1 aliphatic heterocycles. The first-order valence-corrected chi connectivity index (χ1v) is 15.4. The van der Waals surface area contributed by atoms with Crippen LogP contribution in [0.15, 0.2) is 86.2 Å². The van der Waals surface area contributed by atoms with Gasteiger partial charge in [-0.1, -0.05) is 35.6 Å². The van der Waals surface area contributed by atoms with Crippen molar-refractivity contribution in [1.29, 1.82) is 0 Å². The molecule has 0 bridgehead atoms. The summed E-state index contributed by atoms with van der Waals surface area (Å²) in [5.41, 5.74) is 2.83. The number of carboxylic acids is 1. The lowest BCUT2D eigenvalue weighted by Crippen LogP contribution is -2.39. The van der Waals surface area contributed by atoms with Gasteiger partial charge in [0.15, 0.2) is 16.3 Å². The largest absolute Gasteiger partial charge is 0.493 e. The molecular formula is C33H29BrN2O8S. The quantitative estimate of drug-likeness (QED) is 0.234. The summed E-state index contributed by atoms with van der Waals surface area (Å²) in [6.07, 6.45) is 1.76. The molecule has 0 saturated heterocycles. The Morgan fingerprint density at radius 3 is 2.38 bits per heavy atom. The first kappa shape index (κ1) is 31.7. The zero-order chi connectivity index (χ0) is 32.2. The van der Waals surface area contributed by atoms with E-state index in [-0.39, 0.29) is 29.9 Å². The Balaban J connectivity index is 1.51. The lowest BCUT2D eigenvalue weighted by atomic mass is 9.95. The highest BCUT2D eigenvalue weighted by Gasteiger charge is 2.34. The van der Waals surface area contributed by atoms with Crippen LogP contribution in [-0.4, -0.2) is 42.4 Å². The normalized spacial score (nSPS) is 14.4. The molecule has 0 unspecified atom stereocenters. The molecule has 1 aromatic heterocycles. The van der Waals surface area contributed by atoms with Crippen molar-refractivity contribution in [3.63, 3.8) is 0 Å². The van der Waals surface area contributed by atoms with Crippen LogP contribution in [0.5, 0.6) is 17.2 Å². The van der Waals surface area contributed by atoms with Crippen molar-refractivity contribution in [2.75, 3.05) is 20.8 Å². The molecule has 0 fully saturated rings. The first-order chi connectivity index (χ1) is 21.6. The Morgan fingerprint density at radius 1 is 1.02 bits per heavy atom. The number of thiazole rings is 1. The van der Waals surface area contributed by atoms with Gasteiger partial charge in [0.1, 0.15) is 12.4 Å². The Hall–Kier alpha value is -4.68. The van der Waals surface area contributed by atoms with E-state index in [2.05, 4.69) is 20.9 Å². The lowest BCUT2D eigenvalue weighted by Gasteiger charge is -2.25. The van der Waals surface area contributed by atoms with E-state index < -0.39 is 18.0 Å². The third-order valence-electron chi connectivity index (χ3n) is 7.09. The molecule has 10 nitrogen and oxygen atoms in total. The maximum Gasteiger partial charge on any atom is 0.338 e. The number of benzene rings is 3. The number of hydrogen-bond donors (Lipinski definition) is 1. The number of aromatic nitrogens is 1. The molecule has 3 aromatic carbocycles. The van der Waals surface area contributed by atoms with Crippen LogP contribution >= 0.6 is 27.3 Å². The number of carbonyl (C=O) groups excluding carboxylic acids is 1. The van der Waals surface area contributed by atoms with E-state index in [0.29, 0.717) is 42.3 Å². The van der Waals surface area contributed by atoms with Crippen molar-refractivity contribution in [3.05, 3.63) is 118 Å². The van der Waals surface area contributed by atoms with Crippen molar-refractivity contribution < 1.29 is 33.6 Å². The van der Waals surface area contributed by atoms with Crippen LogP contribution in [0.4, 0.5) is 0 Å². The van der Waals surface area contributed by atoms with Gasteiger partial charge in [0.2, 0.25) is 0 Å². The molecule has 0 aliphatic carbocycles. The average molecular weight is 694 g/mol. The van der Waals surface area contributed by atoms with E-state index in [4.69, 9.17) is 24.1 Å². The fourth-order valence-corrected chi connectivity index (χ4v) is 6.47. The minimum absolute atomic E-state index is 0.171. The third-order valence-corrected chi connectivity index (χ3v) is 8.69. The van der Waals surface area contributed by atoms with Gasteiger partial charge in [-0.3, -0.25) is 9.36 Å². The summed E-state index contributed by atoms with van der Waals surface area (Å²) in [6, 6.07) is 16.4. The molecule has 1 aliphatic rings. The number of halogens is 1.